The minimum atomic E-state index is 0.777. The van der Waals surface area contributed by atoms with Crippen LogP contribution in [0, 0.1) is 23.7 Å². The fourth-order valence-electron chi connectivity index (χ4n) is 3.33. The van der Waals surface area contributed by atoms with Gasteiger partial charge in [0.1, 0.15) is 0 Å². The summed E-state index contributed by atoms with van der Waals surface area (Å²) in [5.41, 5.74) is 0. The van der Waals surface area contributed by atoms with Crippen molar-refractivity contribution in [1.82, 2.24) is 0 Å². The highest BCUT2D eigenvalue weighted by Crippen LogP contribution is 2.28. The smallest absolute Gasteiger partial charge is 0.0262 e. The van der Waals surface area contributed by atoms with Crippen LogP contribution in [0.2, 0.25) is 0 Å². The molecule has 0 aromatic rings. The second-order valence-corrected chi connectivity index (χ2v) is 6.78. The third kappa shape index (κ3) is 6.07. The Balaban J connectivity index is 2.15. The van der Waals surface area contributed by atoms with Crippen LogP contribution in [0.25, 0.3) is 0 Å². The van der Waals surface area contributed by atoms with Crippen molar-refractivity contribution in [1.29, 1.82) is 0 Å². The van der Waals surface area contributed by atoms with Gasteiger partial charge in [-0.25, -0.2) is 0 Å². The molecule has 1 rings (SSSR count). The highest BCUT2D eigenvalue weighted by atomic mass is 14.2. The Morgan fingerprint density at radius 1 is 1.06 bits per heavy atom. The van der Waals surface area contributed by atoms with Gasteiger partial charge in [0.2, 0.25) is 0 Å². The summed E-state index contributed by atoms with van der Waals surface area (Å²) >= 11 is 0. The molecule has 0 aliphatic heterocycles. The van der Waals surface area contributed by atoms with Crippen molar-refractivity contribution >= 4 is 0 Å². The average molecular weight is 250 g/mol. The largest absolute Gasteiger partial charge is 0.0880 e. The second kappa shape index (κ2) is 8.77. The molecular weight excluding hydrogens is 216 g/mol. The minimum absolute atomic E-state index is 0.777. The lowest BCUT2D eigenvalue weighted by Gasteiger charge is -2.20. The first-order valence-corrected chi connectivity index (χ1v) is 8.30. The normalized spacial score (nSPS) is 20.9. The van der Waals surface area contributed by atoms with Crippen LogP contribution < -0.4 is 0 Å². The van der Waals surface area contributed by atoms with Crippen LogP contribution in [0.5, 0.6) is 0 Å². The third-order valence-corrected chi connectivity index (χ3v) is 4.87. The van der Waals surface area contributed by atoms with Crippen molar-refractivity contribution in [2.75, 3.05) is 0 Å². The van der Waals surface area contributed by atoms with E-state index in [0.29, 0.717) is 0 Å². The summed E-state index contributed by atoms with van der Waals surface area (Å²) in [5.74, 6) is 3.56. The quantitative estimate of drug-likeness (QED) is 0.448. The van der Waals surface area contributed by atoms with Gasteiger partial charge >= 0.3 is 0 Å². The first kappa shape index (κ1) is 15.8. The number of allylic oxidation sites excluding steroid dienone is 2. The van der Waals surface area contributed by atoms with E-state index in [-0.39, 0.29) is 0 Å². The minimum Gasteiger partial charge on any atom is -0.0880 e. The summed E-state index contributed by atoms with van der Waals surface area (Å²) in [4.78, 5) is 0. The molecule has 0 heterocycles. The van der Waals surface area contributed by atoms with Gasteiger partial charge in [-0.3, -0.25) is 0 Å². The molecule has 1 saturated carbocycles. The molecule has 2 atom stereocenters. The summed E-state index contributed by atoms with van der Waals surface area (Å²) in [6, 6.07) is 0. The lowest BCUT2D eigenvalue weighted by molar-refractivity contribution is 0.328. The van der Waals surface area contributed by atoms with Gasteiger partial charge in [0.15, 0.2) is 0 Å². The molecule has 0 N–H and O–H groups in total. The summed E-state index contributed by atoms with van der Waals surface area (Å²) in [6.07, 6.45) is 16.3. The zero-order valence-electron chi connectivity index (χ0n) is 13.1. The molecule has 0 saturated heterocycles. The van der Waals surface area contributed by atoms with Gasteiger partial charge in [0.05, 0.1) is 0 Å². The maximum Gasteiger partial charge on any atom is -0.0262 e. The van der Waals surface area contributed by atoms with E-state index in [4.69, 9.17) is 0 Å². The first-order valence-electron chi connectivity index (χ1n) is 8.30. The molecule has 0 nitrogen and oxygen atoms in total. The molecule has 2 unspecified atom stereocenters. The van der Waals surface area contributed by atoms with Gasteiger partial charge in [0, 0.05) is 0 Å². The second-order valence-electron chi connectivity index (χ2n) is 6.78. The van der Waals surface area contributed by atoms with Gasteiger partial charge < -0.3 is 0 Å². The van der Waals surface area contributed by atoms with Gasteiger partial charge in [-0.2, -0.15) is 0 Å². The molecule has 0 amide bonds. The van der Waals surface area contributed by atoms with E-state index in [1.54, 1.807) is 0 Å². The fourth-order valence-corrected chi connectivity index (χ4v) is 3.33. The molecule has 18 heavy (non-hydrogen) atoms. The van der Waals surface area contributed by atoms with E-state index in [0.717, 1.165) is 23.7 Å². The number of hydrogen-bond donors (Lipinski definition) is 0. The van der Waals surface area contributed by atoms with Crippen LogP contribution in [0.15, 0.2) is 12.2 Å². The predicted molar refractivity (Wildman–Crippen MR) is 82.7 cm³/mol. The van der Waals surface area contributed by atoms with Gasteiger partial charge in [-0.05, 0) is 42.9 Å². The lowest BCUT2D eigenvalue weighted by atomic mass is 9.86. The van der Waals surface area contributed by atoms with Crippen molar-refractivity contribution in [3.05, 3.63) is 12.2 Å². The fraction of sp³-hybridized carbons (Fsp3) is 0.889. The summed E-state index contributed by atoms with van der Waals surface area (Å²) < 4.78 is 0. The van der Waals surface area contributed by atoms with Crippen LogP contribution in [-0.2, 0) is 0 Å². The monoisotopic (exact) mass is 250 g/mol. The van der Waals surface area contributed by atoms with Crippen molar-refractivity contribution in [2.24, 2.45) is 23.7 Å². The molecule has 0 heteroatoms. The van der Waals surface area contributed by atoms with E-state index in [1.165, 1.54) is 51.4 Å². The molecule has 1 aliphatic rings. The van der Waals surface area contributed by atoms with Crippen molar-refractivity contribution < 1.29 is 0 Å². The number of rotatable bonds is 8. The SMILES string of the molecule is CCC(CCC(C)C=CCC1CCCC1)C(C)C. The Labute approximate surface area is 115 Å². The summed E-state index contributed by atoms with van der Waals surface area (Å²) in [6.45, 7) is 9.47. The van der Waals surface area contributed by atoms with Gasteiger partial charge in [-0.15, -0.1) is 0 Å². The molecule has 0 spiro atoms. The Bertz CT molecular complexity index is 220. The molecule has 0 aromatic carbocycles. The maximum absolute atomic E-state index is 2.48. The summed E-state index contributed by atoms with van der Waals surface area (Å²) in [7, 11) is 0. The lowest BCUT2D eigenvalue weighted by Crippen LogP contribution is -2.08. The highest BCUT2D eigenvalue weighted by Gasteiger charge is 2.14. The van der Waals surface area contributed by atoms with Crippen LogP contribution in [0.3, 0.4) is 0 Å². The highest BCUT2D eigenvalue weighted by molar-refractivity contribution is 4.89. The Kier molecular flexibility index (Phi) is 7.70. The molecule has 1 fully saturated rings. The molecule has 0 aromatic heterocycles. The van der Waals surface area contributed by atoms with Crippen LogP contribution in [-0.4, -0.2) is 0 Å². The molecule has 0 radical (unpaired) electrons. The Hall–Kier alpha value is -0.260. The predicted octanol–water partition coefficient (Wildman–Crippen LogP) is 6.22. The van der Waals surface area contributed by atoms with Crippen LogP contribution in [0.4, 0.5) is 0 Å². The standard InChI is InChI=1S/C18H34/c1-5-18(15(2)3)14-13-16(4)9-8-12-17-10-6-7-11-17/h8-9,15-18H,5-7,10-14H2,1-4H3. The topological polar surface area (TPSA) is 0 Å². The zero-order chi connectivity index (χ0) is 13.4. The van der Waals surface area contributed by atoms with Crippen molar-refractivity contribution in [3.63, 3.8) is 0 Å². The Morgan fingerprint density at radius 3 is 2.28 bits per heavy atom. The van der Waals surface area contributed by atoms with E-state index < -0.39 is 0 Å². The van der Waals surface area contributed by atoms with Crippen molar-refractivity contribution in [2.45, 2.75) is 79.1 Å². The van der Waals surface area contributed by atoms with E-state index in [2.05, 4.69) is 39.8 Å². The number of hydrogen-bond acceptors (Lipinski definition) is 0. The maximum atomic E-state index is 2.48. The van der Waals surface area contributed by atoms with Crippen molar-refractivity contribution in [3.8, 4) is 0 Å². The average Bonchev–Trinajstić information content (AvgIpc) is 2.82. The molecular formula is C18H34. The van der Waals surface area contributed by atoms with E-state index in [9.17, 15) is 0 Å². The zero-order valence-corrected chi connectivity index (χ0v) is 13.1. The molecule has 1 aliphatic carbocycles. The van der Waals surface area contributed by atoms with Gasteiger partial charge in [0.25, 0.3) is 0 Å². The summed E-state index contributed by atoms with van der Waals surface area (Å²) in [5, 5.41) is 0. The molecule has 0 bridgehead atoms. The van der Waals surface area contributed by atoms with Crippen LogP contribution >= 0.6 is 0 Å². The van der Waals surface area contributed by atoms with Gasteiger partial charge in [-0.1, -0.05) is 72.0 Å². The van der Waals surface area contributed by atoms with E-state index in [1.807, 2.05) is 0 Å². The van der Waals surface area contributed by atoms with Crippen LogP contribution in [0.1, 0.15) is 79.1 Å². The van der Waals surface area contributed by atoms with E-state index >= 15 is 0 Å². The first-order chi connectivity index (χ1) is 8.63. The molecule has 106 valence electrons. The third-order valence-electron chi connectivity index (χ3n) is 4.87. The Morgan fingerprint density at radius 2 is 1.72 bits per heavy atom.